The number of benzene rings is 1. The molecule has 2 rings (SSSR count). The minimum atomic E-state index is -0.833. The lowest BCUT2D eigenvalue weighted by atomic mass is 10.2. The van der Waals surface area contributed by atoms with E-state index >= 15 is 0 Å². The van der Waals surface area contributed by atoms with Gasteiger partial charge in [-0.25, -0.2) is 0 Å². The average molecular weight is 207 g/mol. The van der Waals surface area contributed by atoms with Crippen LogP contribution in [0, 0.1) is 0 Å². The molecular weight excluding hydrogens is 194 g/mol. The molecule has 0 amide bonds. The van der Waals surface area contributed by atoms with Crippen LogP contribution in [0.25, 0.3) is 10.9 Å². The van der Waals surface area contributed by atoms with Crippen molar-refractivity contribution < 1.29 is 15.0 Å². The van der Waals surface area contributed by atoms with Gasteiger partial charge in [-0.1, -0.05) is 18.2 Å². The van der Waals surface area contributed by atoms with Crippen LogP contribution in [-0.4, -0.2) is 21.2 Å². The number of hydrogen-bond acceptors (Lipinski definition) is 2. The van der Waals surface area contributed by atoms with E-state index in [0.29, 0.717) is 0 Å². The van der Waals surface area contributed by atoms with Gasteiger partial charge in [0.15, 0.2) is 0 Å². The molecule has 0 atom stereocenters. The Labute approximate surface area is 87.2 Å². The van der Waals surface area contributed by atoms with Gasteiger partial charge in [0.25, 0.3) is 5.97 Å². The fourth-order valence-electron chi connectivity index (χ4n) is 1.26. The third kappa shape index (κ3) is 3.11. The van der Waals surface area contributed by atoms with Crippen molar-refractivity contribution >= 4 is 16.9 Å². The van der Waals surface area contributed by atoms with Crippen LogP contribution in [-0.2, 0) is 11.4 Å². The van der Waals surface area contributed by atoms with Crippen LogP contribution >= 0.6 is 0 Å². The van der Waals surface area contributed by atoms with E-state index < -0.39 is 5.97 Å². The molecule has 0 unspecified atom stereocenters. The van der Waals surface area contributed by atoms with E-state index in [0.717, 1.165) is 23.4 Å². The second-order valence-electron chi connectivity index (χ2n) is 3.04. The number of nitrogens with one attached hydrogen (secondary N) is 1. The minimum Gasteiger partial charge on any atom is -0.481 e. The molecule has 0 saturated carbocycles. The van der Waals surface area contributed by atoms with Crippen LogP contribution in [0.5, 0.6) is 0 Å². The summed E-state index contributed by atoms with van der Waals surface area (Å²) < 4.78 is 0. The Bertz CT molecular complexity index is 444. The van der Waals surface area contributed by atoms with Crippen molar-refractivity contribution in [1.29, 1.82) is 0 Å². The van der Waals surface area contributed by atoms with Crippen LogP contribution in [0.4, 0.5) is 0 Å². The molecule has 0 aliphatic rings. The normalized spacial score (nSPS) is 9.47. The number of para-hydroxylation sites is 1. The predicted molar refractivity (Wildman–Crippen MR) is 57.5 cm³/mol. The highest BCUT2D eigenvalue weighted by molar-refractivity contribution is 5.82. The molecule has 4 nitrogen and oxygen atoms in total. The second-order valence-corrected chi connectivity index (χ2v) is 3.04. The number of fused-ring (bicyclic) bond motifs is 1. The van der Waals surface area contributed by atoms with Crippen molar-refractivity contribution in [2.45, 2.75) is 13.5 Å². The van der Waals surface area contributed by atoms with Gasteiger partial charge in [0.1, 0.15) is 0 Å². The molecule has 0 fully saturated rings. The van der Waals surface area contributed by atoms with Crippen LogP contribution in [0.2, 0.25) is 0 Å². The second kappa shape index (κ2) is 5.17. The molecule has 1 aromatic carbocycles. The van der Waals surface area contributed by atoms with Crippen molar-refractivity contribution in [3.05, 3.63) is 36.0 Å². The fraction of sp³-hybridized carbons (Fsp3) is 0.182. The summed E-state index contributed by atoms with van der Waals surface area (Å²) in [5, 5.41) is 17.4. The molecule has 0 bridgehead atoms. The number of aliphatic hydroxyl groups excluding tert-OH is 1. The first-order valence-electron chi connectivity index (χ1n) is 4.50. The highest BCUT2D eigenvalue weighted by atomic mass is 16.4. The number of aliphatic carboxylic acids is 1. The molecular formula is C11H13NO3. The van der Waals surface area contributed by atoms with Gasteiger partial charge in [0.05, 0.1) is 6.61 Å². The van der Waals surface area contributed by atoms with E-state index in [-0.39, 0.29) is 6.61 Å². The van der Waals surface area contributed by atoms with Crippen molar-refractivity contribution in [2.75, 3.05) is 0 Å². The monoisotopic (exact) mass is 207 g/mol. The predicted octanol–water partition coefficient (Wildman–Crippen LogP) is 1.75. The molecule has 0 radical (unpaired) electrons. The molecule has 4 heteroatoms. The molecule has 3 N–H and O–H groups in total. The first-order valence-corrected chi connectivity index (χ1v) is 4.50. The number of carboxylic acids is 1. The number of aliphatic hydroxyl groups is 1. The van der Waals surface area contributed by atoms with Crippen molar-refractivity contribution in [3.8, 4) is 0 Å². The van der Waals surface area contributed by atoms with Gasteiger partial charge in [0, 0.05) is 29.6 Å². The lowest BCUT2D eigenvalue weighted by Gasteiger charge is -1.90. The quantitative estimate of drug-likeness (QED) is 0.667. The number of carbonyl (C=O) groups is 1. The zero-order valence-electron chi connectivity index (χ0n) is 8.40. The van der Waals surface area contributed by atoms with E-state index in [4.69, 9.17) is 15.0 Å². The standard InChI is InChI=1S/C9H9NO.C2H4O2/c11-6-7-5-10-9-4-2-1-3-8(7)9;1-2(3)4/h1-5,10-11H,6H2;1H3,(H,3,4). The van der Waals surface area contributed by atoms with Crippen LogP contribution in [0.3, 0.4) is 0 Å². The summed E-state index contributed by atoms with van der Waals surface area (Å²) in [6, 6.07) is 7.93. The first-order chi connectivity index (χ1) is 7.15. The Kier molecular flexibility index (Phi) is 3.88. The summed E-state index contributed by atoms with van der Waals surface area (Å²) in [4.78, 5) is 12.1. The molecule has 0 saturated heterocycles. The molecule has 2 aromatic rings. The Morgan fingerprint density at radius 2 is 2.00 bits per heavy atom. The summed E-state index contributed by atoms with van der Waals surface area (Å²) in [7, 11) is 0. The third-order valence-corrected chi connectivity index (χ3v) is 1.85. The summed E-state index contributed by atoms with van der Waals surface area (Å²) >= 11 is 0. The maximum Gasteiger partial charge on any atom is 0.300 e. The Hall–Kier alpha value is -1.81. The van der Waals surface area contributed by atoms with E-state index in [1.165, 1.54) is 0 Å². The Morgan fingerprint density at radius 1 is 1.40 bits per heavy atom. The van der Waals surface area contributed by atoms with Gasteiger partial charge in [-0.15, -0.1) is 0 Å². The lowest BCUT2D eigenvalue weighted by Crippen LogP contribution is -1.78. The van der Waals surface area contributed by atoms with Gasteiger partial charge in [0.2, 0.25) is 0 Å². The minimum absolute atomic E-state index is 0.101. The van der Waals surface area contributed by atoms with Crippen molar-refractivity contribution in [2.24, 2.45) is 0 Å². The summed E-state index contributed by atoms with van der Waals surface area (Å²) in [5.41, 5.74) is 2.04. The van der Waals surface area contributed by atoms with E-state index in [9.17, 15) is 0 Å². The number of aromatic amines is 1. The lowest BCUT2D eigenvalue weighted by molar-refractivity contribution is -0.134. The van der Waals surface area contributed by atoms with E-state index in [1.807, 2.05) is 30.5 Å². The SMILES string of the molecule is CC(=O)O.OCc1c[nH]c2ccccc12. The van der Waals surface area contributed by atoms with Gasteiger partial charge >= 0.3 is 0 Å². The van der Waals surface area contributed by atoms with E-state index in [2.05, 4.69) is 4.98 Å². The van der Waals surface area contributed by atoms with Crippen molar-refractivity contribution in [3.63, 3.8) is 0 Å². The molecule has 0 spiro atoms. The third-order valence-electron chi connectivity index (χ3n) is 1.85. The largest absolute Gasteiger partial charge is 0.481 e. The van der Waals surface area contributed by atoms with Gasteiger partial charge in [-0.3, -0.25) is 4.79 Å². The first kappa shape index (κ1) is 11.3. The zero-order chi connectivity index (χ0) is 11.3. The number of H-pyrrole nitrogens is 1. The zero-order valence-corrected chi connectivity index (χ0v) is 8.40. The molecule has 1 aromatic heterocycles. The molecule has 15 heavy (non-hydrogen) atoms. The Balaban J connectivity index is 0.000000245. The summed E-state index contributed by atoms with van der Waals surface area (Å²) in [6.07, 6.45) is 1.84. The molecule has 1 heterocycles. The number of hydrogen-bond donors (Lipinski definition) is 3. The topological polar surface area (TPSA) is 73.3 Å². The smallest absolute Gasteiger partial charge is 0.300 e. The van der Waals surface area contributed by atoms with Gasteiger partial charge in [-0.2, -0.15) is 0 Å². The van der Waals surface area contributed by atoms with E-state index in [1.54, 1.807) is 0 Å². The number of aromatic nitrogens is 1. The number of carboxylic acid groups (broad SMARTS) is 1. The average Bonchev–Trinajstić information content (AvgIpc) is 2.59. The summed E-state index contributed by atoms with van der Waals surface area (Å²) in [5.74, 6) is -0.833. The summed E-state index contributed by atoms with van der Waals surface area (Å²) in [6.45, 7) is 1.18. The maximum atomic E-state index is 9.00. The van der Waals surface area contributed by atoms with Gasteiger partial charge < -0.3 is 15.2 Å². The maximum absolute atomic E-state index is 9.00. The van der Waals surface area contributed by atoms with Crippen molar-refractivity contribution in [1.82, 2.24) is 4.98 Å². The van der Waals surface area contributed by atoms with Crippen LogP contribution in [0.1, 0.15) is 12.5 Å². The highest BCUT2D eigenvalue weighted by Crippen LogP contribution is 2.16. The molecule has 80 valence electrons. The highest BCUT2D eigenvalue weighted by Gasteiger charge is 1.98. The Morgan fingerprint density at radius 3 is 2.60 bits per heavy atom. The molecule has 0 aliphatic heterocycles. The molecule has 0 aliphatic carbocycles. The number of rotatable bonds is 1. The van der Waals surface area contributed by atoms with Gasteiger partial charge in [-0.05, 0) is 6.07 Å². The van der Waals surface area contributed by atoms with Crippen LogP contribution < -0.4 is 0 Å². The van der Waals surface area contributed by atoms with Crippen LogP contribution in [0.15, 0.2) is 30.5 Å². The fourth-order valence-corrected chi connectivity index (χ4v) is 1.26.